The number of hydrogen-bond donors (Lipinski definition) is 0. The minimum absolute atomic E-state index is 0.167. The molecule has 124 valence electrons. The van der Waals surface area contributed by atoms with Crippen molar-refractivity contribution in [2.45, 2.75) is 0 Å². The van der Waals surface area contributed by atoms with Crippen LogP contribution in [-0.4, -0.2) is 60.0 Å². The number of fused-ring (bicyclic) bond motifs is 1. The number of carbonyl (C=O) groups excluding carboxylic acids is 1. The zero-order chi connectivity index (χ0) is 16.8. The van der Waals surface area contributed by atoms with Crippen molar-refractivity contribution < 1.29 is 17.9 Å². The van der Waals surface area contributed by atoms with Crippen molar-refractivity contribution in [2.75, 3.05) is 32.4 Å². The molecule has 3 heterocycles. The molecule has 0 atom stereocenters. The summed E-state index contributed by atoms with van der Waals surface area (Å²) >= 11 is 0.790. The lowest BCUT2D eigenvalue weighted by molar-refractivity contribution is -0.574. The van der Waals surface area contributed by atoms with E-state index in [9.17, 15) is 23.2 Å². The Kier molecular flexibility index (Phi) is 3.86. The van der Waals surface area contributed by atoms with Gasteiger partial charge in [-0.25, -0.2) is 13.2 Å². The van der Waals surface area contributed by atoms with Crippen molar-refractivity contribution in [1.29, 1.82) is 0 Å². The molecule has 1 aliphatic rings. The molecular weight excluding hydrogens is 344 g/mol. The van der Waals surface area contributed by atoms with E-state index in [-0.39, 0.29) is 36.4 Å². The Hall–Kier alpha value is -1.98. The summed E-state index contributed by atoms with van der Waals surface area (Å²) in [6.45, 7) is 0.769. The highest BCUT2D eigenvalue weighted by Gasteiger charge is 2.29. The molecule has 0 aromatic carbocycles. The third-order valence-corrected chi connectivity index (χ3v) is 6.04. The Morgan fingerprint density at radius 2 is 1.96 bits per heavy atom. The first-order chi connectivity index (χ1) is 10.8. The molecule has 0 N–H and O–H groups in total. The SMILES string of the molecule is CS(=O)(=O)N1CCN(C(=O)n2sc3c(ccc[n+]3[O-])c2=O)CC1. The molecule has 2 aromatic rings. The van der Waals surface area contributed by atoms with Crippen molar-refractivity contribution >= 4 is 37.8 Å². The molecule has 0 saturated carbocycles. The lowest BCUT2D eigenvalue weighted by Gasteiger charge is -2.32. The standard InChI is InChI=1S/C12H14N4O5S2/c1-23(20,21)14-7-5-13(6-8-14)12(18)16-10(17)9-3-2-4-15(19)11(9)22-16/h2-4H,5-8H2,1H3. The normalized spacial score (nSPS) is 16.8. The maximum atomic E-state index is 12.5. The highest BCUT2D eigenvalue weighted by atomic mass is 32.2. The molecule has 0 bridgehead atoms. The number of pyridine rings is 1. The van der Waals surface area contributed by atoms with Gasteiger partial charge in [-0.05, 0) is 6.07 Å². The van der Waals surface area contributed by atoms with Crippen LogP contribution in [0, 0.1) is 5.21 Å². The largest absolute Gasteiger partial charge is 0.618 e. The zero-order valence-electron chi connectivity index (χ0n) is 12.2. The summed E-state index contributed by atoms with van der Waals surface area (Å²) in [6, 6.07) is 2.40. The monoisotopic (exact) mass is 358 g/mol. The van der Waals surface area contributed by atoms with Crippen LogP contribution in [0.15, 0.2) is 23.1 Å². The van der Waals surface area contributed by atoms with Gasteiger partial charge in [-0.3, -0.25) is 4.79 Å². The molecule has 1 saturated heterocycles. The second-order valence-electron chi connectivity index (χ2n) is 5.18. The quantitative estimate of drug-likeness (QED) is 0.492. The predicted molar refractivity (Wildman–Crippen MR) is 83.8 cm³/mol. The number of aromatic nitrogens is 2. The Labute approximate surface area is 135 Å². The van der Waals surface area contributed by atoms with Crippen LogP contribution < -0.4 is 10.3 Å². The number of sulfonamides is 1. The van der Waals surface area contributed by atoms with E-state index >= 15 is 0 Å². The van der Waals surface area contributed by atoms with Gasteiger partial charge in [-0.2, -0.15) is 13.0 Å². The summed E-state index contributed by atoms with van der Waals surface area (Å²) in [5.74, 6) is 0. The molecule has 1 aliphatic heterocycles. The van der Waals surface area contributed by atoms with E-state index in [2.05, 4.69) is 0 Å². The average Bonchev–Trinajstić information content (AvgIpc) is 2.85. The molecular formula is C12H14N4O5S2. The summed E-state index contributed by atoms with van der Waals surface area (Å²) < 4.78 is 25.7. The molecule has 0 radical (unpaired) electrons. The fraction of sp³-hybridized carbons (Fsp3) is 0.417. The van der Waals surface area contributed by atoms with Crippen LogP contribution in [0.5, 0.6) is 0 Å². The summed E-state index contributed by atoms with van der Waals surface area (Å²) in [7, 11) is -3.29. The number of piperazine rings is 1. The second kappa shape index (κ2) is 5.58. The van der Waals surface area contributed by atoms with Crippen molar-refractivity contribution in [3.63, 3.8) is 0 Å². The topological polar surface area (TPSA) is 107 Å². The van der Waals surface area contributed by atoms with Crippen LogP contribution in [0.1, 0.15) is 0 Å². The lowest BCUT2D eigenvalue weighted by Crippen LogP contribution is -2.51. The van der Waals surface area contributed by atoms with Gasteiger partial charge in [-0.15, -0.1) is 0 Å². The van der Waals surface area contributed by atoms with E-state index in [1.807, 2.05) is 0 Å². The van der Waals surface area contributed by atoms with Gasteiger partial charge in [0, 0.05) is 43.8 Å². The van der Waals surface area contributed by atoms with E-state index < -0.39 is 21.6 Å². The molecule has 0 aliphatic carbocycles. The van der Waals surface area contributed by atoms with Crippen LogP contribution in [0.25, 0.3) is 10.2 Å². The zero-order valence-corrected chi connectivity index (χ0v) is 13.8. The van der Waals surface area contributed by atoms with Crippen LogP contribution >= 0.6 is 11.5 Å². The molecule has 9 nitrogen and oxygen atoms in total. The summed E-state index contributed by atoms with van der Waals surface area (Å²) in [4.78, 5) is 26.3. The average molecular weight is 358 g/mol. The third-order valence-electron chi connectivity index (χ3n) is 3.66. The Balaban J connectivity index is 1.87. The number of rotatable bonds is 1. The minimum Gasteiger partial charge on any atom is -0.618 e. The van der Waals surface area contributed by atoms with Crippen LogP contribution in [0.4, 0.5) is 4.79 Å². The Morgan fingerprint density at radius 3 is 2.52 bits per heavy atom. The highest BCUT2D eigenvalue weighted by Crippen LogP contribution is 2.14. The first-order valence-electron chi connectivity index (χ1n) is 6.77. The highest BCUT2D eigenvalue weighted by molar-refractivity contribution is 7.88. The first-order valence-corrected chi connectivity index (χ1v) is 9.40. The van der Waals surface area contributed by atoms with Crippen LogP contribution in [0.2, 0.25) is 0 Å². The molecule has 1 amide bonds. The molecule has 2 aromatic heterocycles. The summed E-state index contributed by atoms with van der Waals surface area (Å²) in [5.41, 5.74) is -0.536. The molecule has 23 heavy (non-hydrogen) atoms. The first kappa shape index (κ1) is 15.9. The number of nitrogens with zero attached hydrogens (tertiary/aromatic N) is 4. The van der Waals surface area contributed by atoms with E-state index in [4.69, 9.17) is 0 Å². The van der Waals surface area contributed by atoms with Crippen molar-refractivity contribution in [3.05, 3.63) is 33.9 Å². The lowest BCUT2D eigenvalue weighted by atomic mass is 10.3. The van der Waals surface area contributed by atoms with E-state index in [1.165, 1.54) is 27.5 Å². The van der Waals surface area contributed by atoms with Crippen LogP contribution in [0.3, 0.4) is 0 Å². The van der Waals surface area contributed by atoms with Gasteiger partial charge in [0.25, 0.3) is 5.56 Å². The van der Waals surface area contributed by atoms with Gasteiger partial charge in [-0.1, -0.05) is 0 Å². The minimum atomic E-state index is -3.29. The Bertz CT molecular complexity index is 925. The molecule has 3 rings (SSSR count). The van der Waals surface area contributed by atoms with Gasteiger partial charge in [0.2, 0.25) is 10.0 Å². The second-order valence-corrected chi connectivity index (χ2v) is 8.09. The predicted octanol–water partition coefficient (Wildman–Crippen LogP) is -0.758. The van der Waals surface area contributed by atoms with E-state index in [1.54, 1.807) is 0 Å². The fourth-order valence-electron chi connectivity index (χ4n) is 2.43. The van der Waals surface area contributed by atoms with Gasteiger partial charge in [0.15, 0.2) is 6.20 Å². The maximum absolute atomic E-state index is 12.5. The summed E-state index contributed by atoms with van der Waals surface area (Å²) in [6.07, 6.45) is 2.38. The summed E-state index contributed by atoms with van der Waals surface area (Å²) in [5, 5.41) is 11.9. The molecule has 0 spiro atoms. The number of amides is 1. The number of hydrogen-bond acceptors (Lipinski definition) is 6. The molecule has 11 heteroatoms. The van der Waals surface area contributed by atoms with Gasteiger partial charge < -0.3 is 10.1 Å². The fourth-order valence-corrected chi connectivity index (χ4v) is 4.20. The van der Waals surface area contributed by atoms with Crippen LogP contribution in [-0.2, 0) is 10.0 Å². The molecule has 0 unspecified atom stereocenters. The third kappa shape index (κ3) is 2.82. The van der Waals surface area contributed by atoms with E-state index in [0.717, 1.165) is 21.7 Å². The van der Waals surface area contributed by atoms with Crippen molar-refractivity contribution in [3.8, 4) is 0 Å². The van der Waals surface area contributed by atoms with Crippen molar-refractivity contribution in [2.24, 2.45) is 0 Å². The Morgan fingerprint density at radius 1 is 1.30 bits per heavy atom. The van der Waals surface area contributed by atoms with Crippen molar-refractivity contribution in [1.82, 2.24) is 13.2 Å². The molecule has 1 fully saturated rings. The smallest absolute Gasteiger partial charge is 0.341 e. The van der Waals surface area contributed by atoms with Gasteiger partial charge >= 0.3 is 10.9 Å². The van der Waals surface area contributed by atoms with E-state index in [0.29, 0.717) is 4.73 Å². The van der Waals surface area contributed by atoms with Gasteiger partial charge in [0.05, 0.1) is 6.26 Å². The maximum Gasteiger partial charge on any atom is 0.341 e. The number of carbonyl (C=O) groups is 1. The van der Waals surface area contributed by atoms with Gasteiger partial charge in [0.1, 0.15) is 5.39 Å².